The predicted molar refractivity (Wildman–Crippen MR) is 119 cm³/mol. The minimum absolute atomic E-state index is 0.0112. The van der Waals surface area contributed by atoms with Crippen molar-refractivity contribution >= 4 is 28.1 Å². The molecule has 3 aromatic rings. The third kappa shape index (κ3) is 6.69. The number of nitrogens with zero attached hydrogens (tertiary/aromatic N) is 1. The Labute approximate surface area is 186 Å². The fourth-order valence-corrected chi connectivity index (χ4v) is 3.06. The van der Waals surface area contributed by atoms with Gasteiger partial charge in [0.1, 0.15) is 0 Å². The van der Waals surface area contributed by atoms with Crippen LogP contribution in [0, 0.1) is 6.92 Å². The van der Waals surface area contributed by atoms with Crippen molar-refractivity contribution in [2.75, 3.05) is 11.1 Å². The first-order valence-corrected chi connectivity index (χ1v) is 9.89. The highest BCUT2D eigenvalue weighted by molar-refractivity contribution is 7.13. The maximum atomic E-state index is 12.4. The van der Waals surface area contributed by atoms with E-state index in [1.165, 1.54) is 24.4 Å². The quantitative estimate of drug-likeness (QED) is 0.472. The van der Waals surface area contributed by atoms with Gasteiger partial charge < -0.3 is 16.2 Å². The Morgan fingerprint density at radius 3 is 2.90 bits per heavy atom. The largest absolute Gasteiger partial charge is 0.388 e. The molecule has 0 aliphatic carbocycles. The van der Waals surface area contributed by atoms with Crippen molar-refractivity contribution in [2.45, 2.75) is 45.0 Å². The van der Waals surface area contributed by atoms with Crippen molar-refractivity contribution < 1.29 is 20.9 Å². The Hall–Kier alpha value is -2.70. The topological polar surface area (TPSA) is 88.2 Å². The highest BCUT2D eigenvalue weighted by Crippen LogP contribution is 2.21. The van der Waals surface area contributed by atoms with E-state index in [1.54, 1.807) is 12.1 Å². The number of aliphatic hydroxyl groups excluding tert-OH is 1. The number of hydrogen-bond acceptors (Lipinski definition) is 5. The smallest absolute Gasteiger partial charge is 0.230 e. The number of rotatable bonds is 9. The van der Waals surface area contributed by atoms with Crippen molar-refractivity contribution in [1.29, 1.82) is 0 Å². The van der Waals surface area contributed by atoms with Crippen LogP contribution < -0.4 is 11.1 Å². The molecule has 0 radical (unpaired) electrons. The molecule has 0 saturated carbocycles. The number of anilines is 2. The Kier molecular flexibility index (Phi) is 4.49. The molecule has 0 spiro atoms. The first-order chi connectivity index (χ1) is 17.1. The molecule has 0 aliphatic heterocycles. The predicted octanol–water partition coefficient (Wildman–Crippen LogP) is 4.66. The van der Waals surface area contributed by atoms with E-state index in [4.69, 9.17) is 16.7 Å². The lowest BCUT2D eigenvalue weighted by Gasteiger charge is -2.11. The van der Waals surface area contributed by atoms with Gasteiger partial charge in [0.05, 0.1) is 23.7 Å². The van der Waals surface area contributed by atoms with Crippen LogP contribution in [0.5, 0.6) is 0 Å². The van der Waals surface area contributed by atoms with Crippen molar-refractivity contribution in [1.82, 2.24) is 4.98 Å². The average Bonchev–Trinajstić information content (AvgIpc) is 3.28. The normalized spacial score (nSPS) is 16.9. The highest BCUT2D eigenvalue weighted by Gasteiger charge is 2.08. The summed E-state index contributed by atoms with van der Waals surface area (Å²) in [6.07, 6.45) is -5.62. The highest BCUT2D eigenvalue weighted by atomic mass is 32.1. The molecule has 0 aliphatic rings. The summed E-state index contributed by atoms with van der Waals surface area (Å²) >= 11 is 1.03. The Bertz CT molecular complexity index is 1270. The van der Waals surface area contributed by atoms with Crippen LogP contribution in [-0.4, -0.2) is 16.0 Å². The maximum Gasteiger partial charge on any atom is 0.230 e. The number of aromatic nitrogens is 1. The lowest BCUT2D eigenvalue weighted by molar-refractivity contribution is -0.115. The molecule has 0 bridgehead atoms. The number of aliphatic hydroxyl groups is 1. The standard InChI is InChI=1S/C23H27N3O2S/c1-16-5-4-7-18(13-16)21(27)8-3-2-6-17-9-11-19(12-10-17)25-22(28)14-20-15-29-23(24)26-20/h4-5,7,9-13,15,21,27H,2-3,6,8,14H2,1H3,(H2,24,26)(H,25,28)/t21-/m0/s1/i2D2,4D,5D,7D,13D,14D2. The zero-order valence-electron chi connectivity index (χ0n) is 23.9. The summed E-state index contributed by atoms with van der Waals surface area (Å²) in [7, 11) is 0. The molecule has 1 heterocycles. The average molecular weight is 418 g/mol. The third-order valence-corrected chi connectivity index (χ3v) is 4.68. The van der Waals surface area contributed by atoms with Gasteiger partial charge in [-0.05, 0) is 49.4 Å². The number of aryl methyl sites for hydroxylation is 1. The number of nitrogens with two attached hydrogens (primary N) is 1. The van der Waals surface area contributed by atoms with Crippen LogP contribution in [0.25, 0.3) is 0 Å². The van der Waals surface area contributed by atoms with Crippen LogP contribution in [-0.2, 0) is 17.6 Å². The van der Waals surface area contributed by atoms with Crippen LogP contribution in [0.1, 0.15) is 58.7 Å². The van der Waals surface area contributed by atoms with Gasteiger partial charge in [-0.1, -0.05) is 48.3 Å². The summed E-state index contributed by atoms with van der Waals surface area (Å²) in [5, 5.41) is 14.6. The molecule has 0 fully saturated rings. The van der Waals surface area contributed by atoms with E-state index in [0.717, 1.165) is 11.3 Å². The molecule has 1 aromatic heterocycles. The van der Waals surface area contributed by atoms with E-state index in [1.807, 2.05) is 0 Å². The molecule has 29 heavy (non-hydrogen) atoms. The number of hydrogen-bond donors (Lipinski definition) is 3. The number of nitrogen functional groups attached to an aromatic ring is 1. The molecule has 3 rings (SSSR count). The summed E-state index contributed by atoms with van der Waals surface area (Å²) in [5.41, 5.74) is 6.49. The zero-order chi connectivity index (χ0) is 27.7. The monoisotopic (exact) mass is 417 g/mol. The fourth-order valence-electron chi connectivity index (χ4n) is 2.57. The molecule has 1 atom stereocenters. The number of nitrogens with one attached hydrogen (secondary N) is 1. The van der Waals surface area contributed by atoms with E-state index in [-0.39, 0.29) is 59.3 Å². The number of amides is 1. The maximum absolute atomic E-state index is 12.4. The molecule has 1 amide bonds. The van der Waals surface area contributed by atoms with Gasteiger partial charge in [0.2, 0.25) is 5.91 Å². The molecule has 0 saturated heterocycles. The van der Waals surface area contributed by atoms with Crippen molar-refractivity contribution in [3.05, 3.63) is 76.2 Å². The Balaban J connectivity index is 1.62. The van der Waals surface area contributed by atoms with Crippen molar-refractivity contribution in [3.8, 4) is 0 Å². The minimum atomic E-state index is -2.39. The summed E-state index contributed by atoms with van der Waals surface area (Å²) in [6.45, 7) is 1.48. The number of benzene rings is 2. The van der Waals surface area contributed by atoms with Crippen LogP contribution in [0.3, 0.4) is 0 Å². The first-order valence-electron chi connectivity index (χ1n) is 13.0. The second-order valence-corrected chi connectivity index (χ2v) is 7.26. The first kappa shape index (κ1) is 12.8. The third-order valence-electron chi connectivity index (χ3n) is 4.00. The molecule has 6 heteroatoms. The van der Waals surface area contributed by atoms with E-state index < -0.39 is 30.8 Å². The lowest BCUT2D eigenvalue weighted by Crippen LogP contribution is -2.14. The molecule has 5 nitrogen and oxygen atoms in total. The van der Waals surface area contributed by atoms with Crippen LogP contribution in [0.15, 0.2) is 53.8 Å². The van der Waals surface area contributed by atoms with Crippen LogP contribution in [0.4, 0.5) is 10.8 Å². The number of carbonyl (C=O) groups excluding carboxylic acids is 1. The number of carbonyl (C=O) groups is 1. The summed E-state index contributed by atoms with van der Waals surface area (Å²) in [6, 6.07) is 5.09. The van der Waals surface area contributed by atoms with Gasteiger partial charge in [0.15, 0.2) is 5.13 Å². The lowest BCUT2D eigenvalue weighted by atomic mass is 10.00. The van der Waals surface area contributed by atoms with Gasteiger partial charge in [-0.15, -0.1) is 11.3 Å². The van der Waals surface area contributed by atoms with E-state index in [2.05, 4.69) is 10.3 Å². The van der Waals surface area contributed by atoms with Gasteiger partial charge in [-0.3, -0.25) is 4.79 Å². The molecular weight excluding hydrogens is 382 g/mol. The molecule has 4 N–H and O–H groups in total. The van der Waals surface area contributed by atoms with E-state index in [0.29, 0.717) is 11.3 Å². The molecular formula is C23H27N3O2S. The molecule has 152 valence electrons. The molecule has 2 aromatic carbocycles. The summed E-state index contributed by atoms with van der Waals surface area (Å²) in [5.74, 6) is -0.915. The van der Waals surface area contributed by atoms with E-state index in [9.17, 15) is 9.90 Å². The van der Waals surface area contributed by atoms with Gasteiger partial charge in [-0.2, -0.15) is 0 Å². The van der Waals surface area contributed by atoms with Crippen molar-refractivity contribution in [3.63, 3.8) is 0 Å². The second kappa shape index (κ2) is 10.2. The van der Waals surface area contributed by atoms with Crippen molar-refractivity contribution in [2.24, 2.45) is 0 Å². The zero-order valence-corrected chi connectivity index (χ0v) is 16.7. The number of thiazole rings is 1. The van der Waals surface area contributed by atoms with Gasteiger partial charge in [0, 0.05) is 16.6 Å². The van der Waals surface area contributed by atoms with Gasteiger partial charge in [0.25, 0.3) is 0 Å². The second-order valence-electron chi connectivity index (χ2n) is 6.37. The van der Waals surface area contributed by atoms with Gasteiger partial charge in [-0.25, -0.2) is 4.98 Å². The summed E-state index contributed by atoms with van der Waals surface area (Å²) in [4.78, 5) is 16.3. The Morgan fingerprint density at radius 2 is 2.17 bits per heavy atom. The fraction of sp³-hybridized carbons (Fsp3) is 0.304. The van der Waals surface area contributed by atoms with Crippen LogP contribution in [0.2, 0.25) is 0 Å². The SMILES string of the molecule is [2H]c1c([2H])c(C)c([2H])c([C@@H](O)CCC([2H])([2H])Cc2ccc(NC(=O)C([2H])([2H])c3csc(N)n3)cc2)c1[2H]. The van der Waals surface area contributed by atoms with E-state index >= 15 is 0 Å². The minimum Gasteiger partial charge on any atom is -0.388 e. The Morgan fingerprint density at radius 1 is 1.38 bits per heavy atom. The van der Waals surface area contributed by atoms with Crippen LogP contribution >= 0.6 is 11.3 Å². The summed E-state index contributed by atoms with van der Waals surface area (Å²) < 4.78 is 64.6. The van der Waals surface area contributed by atoms with Gasteiger partial charge >= 0.3 is 0 Å². The molecule has 0 unspecified atom stereocenters.